The van der Waals surface area contributed by atoms with E-state index in [-0.39, 0.29) is 12.5 Å². The zero-order valence-corrected chi connectivity index (χ0v) is 7.28. The van der Waals surface area contributed by atoms with Gasteiger partial charge in [0.1, 0.15) is 0 Å². The lowest BCUT2D eigenvalue weighted by atomic mass is 10.2. The van der Waals surface area contributed by atoms with Crippen LogP contribution >= 0.6 is 0 Å². The molecule has 1 aromatic carbocycles. The van der Waals surface area contributed by atoms with E-state index in [4.69, 9.17) is 4.84 Å². The number of rotatable bonds is 1. The van der Waals surface area contributed by atoms with Crippen molar-refractivity contribution < 1.29 is 9.63 Å². The average Bonchev–Trinajstić information content (AvgIpc) is 2.18. The fourth-order valence-corrected chi connectivity index (χ4v) is 1.38. The molecule has 2 rings (SSSR count). The Kier molecular flexibility index (Phi) is 1.90. The third-order valence-corrected chi connectivity index (χ3v) is 1.96. The smallest absolute Gasteiger partial charge is 0.270 e. The molecule has 13 heavy (non-hydrogen) atoms. The lowest BCUT2D eigenvalue weighted by molar-refractivity contribution is -0.123. The van der Waals surface area contributed by atoms with Crippen LogP contribution in [0.3, 0.4) is 0 Å². The maximum absolute atomic E-state index is 11.3. The number of benzene rings is 1. The molecule has 0 saturated carbocycles. The van der Waals surface area contributed by atoms with Crippen LogP contribution in [0.25, 0.3) is 0 Å². The number of carbonyl (C=O) groups is 1. The lowest BCUT2D eigenvalue weighted by Gasteiger charge is -2.27. The number of hydroxylamine groups is 1. The first-order chi connectivity index (χ1) is 6.33. The van der Waals surface area contributed by atoms with Crippen molar-refractivity contribution in [2.45, 2.75) is 0 Å². The van der Waals surface area contributed by atoms with E-state index < -0.39 is 0 Å². The van der Waals surface area contributed by atoms with E-state index in [9.17, 15) is 4.79 Å². The predicted molar refractivity (Wildman–Crippen MR) is 49.4 cm³/mol. The van der Waals surface area contributed by atoms with Crippen molar-refractivity contribution in [3.05, 3.63) is 24.3 Å². The van der Waals surface area contributed by atoms with Gasteiger partial charge in [-0.05, 0) is 12.1 Å². The van der Waals surface area contributed by atoms with E-state index in [2.05, 4.69) is 5.32 Å². The van der Waals surface area contributed by atoms with Crippen molar-refractivity contribution in [1.29, 1.82) is 0 Å². The second-order valence-corrected chi connectivity index (χ2v) is 2.74. The molecule has 0 bridgehead atoms. The minimum atomic E-state index is -0.0822. The monoisotopic (exact) mass is 178 g/mol. The van der Waals surface area contributed by atoms with Gasteiger partial charge in [-0.25, -0.2) is 0 Å². The number of nitrogens with one attached hydrogen (secondary N) is 1. The molecular formula is C9H10N2O2. The highest BCUT2D eigenvalue weighted by Crippen LogP contribution is 2.28. The van der Waals surface area contributed by atoms with Crippen molar-refractivity contribution in [2.24, 2.45) is 0 Å². The van der Waals surface area contributed by atoms with Gasteiger partial charge in [0, 0.05) is 0 Å². The Hall–Kier alpha value is -1.55. The summed E-state index contributed by atoms with van der Waals surface area (Å²) in [6, 6.07) is 7.53. The third-order valence-electron chi connectivity index (χ3n) is 1.96. The first-order valence-electron chi connectivity index (χ1n) is 4.03. The van der Waals surface area contributed by atoms with Crippen LogP contribution in [0.15, 0.2) is 24.3 Å². The molecule has 0 saturated heterocycles. The van der Waals surface area contributed by atoms with Gasteiger partial charge in [0.05, 0.1) is 25.0 Å². The summed E-state index contributed by atoms with van der Waals surface area (Å²) in [6.07, 6.45) is 0. The minimum absolute atomic E-state index is 0.0822. The molecule has 1 heterocycles. The second kappa shape index (κ2) is 3.06. The fourth-order valence-electron chi connectivity index (χ4n) is 1.38. The zero-order chi connectivity index (χ0) is 9.26. The second-order valence-electron chi connectivity index (χ2n) is 2.74. The van der Waals surface area contributed by atoms with Crippen LogP contribution < -0.4 is 10.4 Å². The summed E-state index contributed by atoms with van der Waals surface area (Å²) < 4.78 is 0. The Morgan fingerprint density at radius 1 is 1.46 bits per heavy atom. The van der Waals surface area contributed by atoms with Crippen LogP contribution in [0.1, 0.15) is 0 Å². The number of anilines is 2. The van der Waals surface area contributed by atoms with Gasteiger partial charge >= 0.3 is 0 Å². The summed E-state index contributed by atoms with van der Waals surface area (Å²) in [5.41, 5.74) is 1.69. The number of fused-ring (bicyclic) bond motifs is 1. The van der Waals surface area contributed by atoms with Crippen molar-refractivity contribution >= 4 is 17.3 Å². The van der Waals surface area contributed by atoms with Crippen molar-refractivity contribution in [2.75, 3.05) is 24.0 Å². The number of amides is 1. The molecular weight excluding hydrogens is 168 g/mol. The topological polar surface area (TPSA) is 41.6 Å². The van der Waals surface area contributed by atoms with Crippen LogP contribution in [0.2, 0.25) is 0 Å². The Morgan fingerprint density at radius 3 is 3.00 bits per heavy atom. The Morgan fingerprint density at radius 2 is 2.23 bits per heavy atom. The largest absolute Gasteiger partial charge is 0.374 e. The molecule has 0 aliphatic carbocycles. The molecule has 4 heteroatoms. The van der Waals surface area contributed by atoms with Crippen LogP contribution in [0.4, 0.5) is 11.4 Å². The molecule has 68 valence electrons. The molecule has 0 spiro atoms. The number of nitrogens with zero attached hydrogens (tertiary/aromatic N) is 1. The molecule has 0 unspecified atom stereocenters. The van der Waals surface area contributed by atoms with Gasteiger partial charge in [-0.15, -0.1) is 0 Å². The van der Waals surface area contributed by atoms with Crippen molar-refractivity contribution in [3.63, 3.8) is 0 Å². The standard InChI is InChI=1S/C9H10N2O2/c1-13-11-8-5-3-2-4-7(8)10-6-9(11)12/h2-5,10H,6H2,1H3. The van der Waals surface area contributed by atoms with E-state index in [1.54, 1.807) is 0 Å². The first-order valence-corrected chi connectivity index (χ1v) is 4.03. The average molecular weight is 178 g/mol. The summed E-state index contributed by atoms with van der Waals surface area (Å²) in [4.78, 5) is 16.3. The Labute approximate surface area is 76.1 Å². The fraction of sp³-hybridized carbons (Fsp3) is 0.222. The molecule has 4 nitrogen and oxygen atoms in total. The summed E-state index contributed by atoms with van der Waals surface area (Å²) in [7, 11) is 1.49. The van der Waals surface area contributed by atoms with Gasteiger partial charge < -0.3 is 5.32 Å². The highest BCUT2D eigenvalue weighted by molar-refractivity contribution is 6.00. The Bertz CT molecular complexity index is 338. The van der Waals surface area contributed by atoms with Crippen molar-refractivity contribution in [1.82, 2.24) is 0 Å². The molecule has 0 aromatic heterocycles. The van der Waals surface area contributed by atoms with Gasteiger partial charge in [-0.2, -0.15) is 5.06 Å². The molecule has 1 aliphatic rings. The summed E-state index contributed by atoms with van der Waals surface area (Å²) in [5.74, 6) is -0.0822. The van der Waals surface area contributed by atoms with Gasteiger partial charge in [0.2, 0.25) is 0 Å². The number of hydrogen-bond donors (Lipinski definition) is 1. The normalized spacial score (nSPS) is 15.2. The predicted octanol–water partition coefficient (Wildman–Crippen LogP) is 1.01. The van der Waals surface area contributed by atoms with E-state index in [0.29, 0.717) is 0 Å². The summed E-state index contributed by atoms with van der Waals surface area (Å²) >= 11 is 0. The maximum Gasteiger partial charge on any atom is 0.270 e. The zero-order valence-electron chi connectivity index (χ0n) is 7.28. The van der Waals surface area contributed by atoms with E-state index in [1.165, 1.54) is 12.2 Å². The van der Waals surface area contributed by atoms with Gasteiger partial charge in [-0.3, -0.25) is 9.63 Å². The SMILES string of the molecule is CON1C(=O)CNc2ccccc21. The van der Waals surface area contributed by atoms with Crippen molar-refractivity contribution in [3.8, 4) is 0 Å². The summed E-state index contributed by atoms with van der Waals surface area (Å²) in [5, 5.41) is 4.30. The van der Waals surface area contributed by atoms with Gasteiger partial charge in [-0.1, -0.05) is 12.1 Å². The first kappa shape index (κ1) is 8.07. The molecule has 1 aromatic rings. The number of para-hydroxylation sites is 2. The quantitative estimate of drug-likeness (QED) is 0.697. The minimum Gasteiger partial charge on any atom is -0.374 e. The highest BCUT2D eigenvalue weighted by atomic mass is 16.7. The molecule has 1 amide bonds. The van der Waals surface area contributed by atoms with Gasteiger partial charge in [0.25, 0.3) is 5.91 Å². The lowest BCUT2D eigenvalue weighted by Crippen LogP contribution is -2.38. The molecule has 1 N–H and O–H groups in total. The Balaban J connectivity index is 2.45. The number of hydrogen-bond acceptors (Lipinski definition) is 3. The third kappa shape index (κ3) is 1.25. The van der Waals surface area contributed by atoms with E-state index in [0.717, 1.165) is 11.4 Å². The molecule has 1 aliphatic heterocycles. The summed E-state index contributed by atoms with van der Waals surface area (Å²) in [6.45, 7) is 0.283. The molecule has 0 fully saturated rings. The molecule has 0 atom stereocenters. The van der Waals surface area contributed by atoms with E-state index >= 15 is 0 Å². The molecule has 0 radical (unpaired) electrons. The highest BCUT2D eigenvalue weighted by Gasteiger charge is 2.22. The maximum atomic E-state index is 11.3. The van der Waals surface area contributed by atoms with Crippen LogP contribution in [0.5, 0.6) is 0 Å². The van der Waals surface area contributed by atoms with Gasteiger partial charge in [0.15, 0.2) is 0 Å². The van der Waals surface area contributed by atoms with E-state index in [1.807, 2.05) is 24.3 Å². The van der Waals surface area contributed by atoms with Crippen LogP contribution in [0, 0.1) is 0 Å². The van der Waals surface area contributed by atoms with Crippen LogP contribution in [-0.2, 0) is 9.63 Å². The number of carbonyl (C=O) groups excluding carboxylic acids is 1. The van der Waals surface area contributed by atoms with Crippen LogP contribution in [-0.4, -0.2) is 19.6 Å².